The molecule has 2 N–H and O–H groups in total. The van der Waals surface area contributed by atoms with Crippen molar-refractivity contribution < 1.29 is 15.0 Å². The van der Waals surface area contributed by atoms with Crippen LogP contribution in [0.2, 0.25) is 0 Å². The summed E-state index contributed by atoms with van der Waals surface area (Å²) < 4.78 is 0. The van der Waals surface area contributed by atoms with E-state index in [1.54, 1.807) is 25.1 Å². The van der Waals surface area contributed by atoms with Crippen LogP contribution in [0.1, 0.15) is 24.0 Å². The summed E-state index contributed by atoms with van der Waals surface area (Å²) in [5.74, 6) is -1.55. The highest BCUT2D eigenvalue weighted by molar-refractivity contribution is 5.76. The number of carbonyl (C=O) groups is 1. The largest absolute Gasteiger partial charge is 0.508 e. The van der Waals surface area contributed by atoms with Crippen molar-refractivity contribution in [3.05, 3.63) is 29.3 Å². The summed E-state index contributed by atoms with van der Waals surface area (Å²) >= 11 is 0. The van der Waals surface area contributed by atoms with E-state index in [2.05, 4.69) is 0 Å². The number of carboxylic acid groups (broad SMARTS) is 1. The summed E-state index contributed by atoms with van der Waals surface area (Å²) in [5.41, 5.74) is 1.37. The van der Waals surface area contributed by atoms with Gasteiger partial charge in [-0.25, -0.2) is 0 Å². The second-order valence-corrected chi connectivity index (χ2v) is 3.12. The van der Waals surface area contributed by atoms with Crippen molar-refractivity contribution >= 4 is 5.97 Å². The third kappa shape index (κ3) is 1.99. The van der Waals surface area contributed by atoms with Gasteiger partial charge in [0.2, 0.25) is 0 Å². The third-order valence-corrected chi connectivity index (χ3v) is 2.02. The fourth-order valence-corrected chi connectivity index (χ4v) is 1.15. The molecule has 0 saturated heterocycles. The van der Waals surface area contributed by atoms with Gasteiger partial charge < -0.3 is 10.2 Å². The van der Waals surface area contributed by atoms with Crippen LogP contribution >= 0.6 is 0 Å². The van der Waals surface area contributed by atoms with Crippen molar-refractivity contribution in [3.8, 4) is 5.75 Å². The molecular formula is C10H12O3. The Morgan fingerprint density at radius 1 is 1.46 bits per heavy atom. The average Bonchev–Trinajstić information content (AvgIpc) is 2.03. The van der Waals surface area contributed by atoms with E-state index in [1.165, 1.54) is 0 Å². The minimum Gasteiger partial charge on any atom is -0.508 e. The molecule has 0 bridgehead atoms. The predicted molar refractivity (Wildman–Crippen MR) is 48.9 cm³/mol. The standard InChI is InChI=1S/C10H12O3/c1-6-3-4-8(9(11)5-6)7(2)10(12)13/h3-5,7,11H,1-2H3,(H,12,13)/t7-/m0/s1. The number of benzene rings is 1. The highest BCUT2D eigenvalue weighted by atomic mass is 16.4. The van der Waals surface area contributed by atoms with E-state index in [0.717, 1.165) is 5.56 Å². The zero-order valence-electron chi connectivity index (χ0n) is 7.61. The Labute approximate surface area is 76.6 Å². The van der Waals surface area contributed by atoms with Crippen LogP contribution in [0.25, 0.3) is 0 Å². The molecule has 0 aliphatic rings. The second kappa shape index (κ2) is 3.47. The first-order valence-corrected chi connectivity index (χ1v) is 4.04. The van der Waals surface area contributed by atoms with Crippen molar-refractivity contribution in [2.45, 2.75) is 19.8 Å². The Bertz CT molecular complexity index is 331. The van der Waals surface area contributed by atoms with Crippen molar-refractivity contribution in [2.24, 2.45) is 0 Å². The molecule has 3 nitrogen and oxygen atoms in total. The first kappa shape index (κ1) is 9.58. The molecule has 1 aromatic carbocycles. The van der Waals surface area contributed by atoms with E-state index in [-0.39, 0.29) is 5.75 Å². The normalized spacial score (nSPS) is 12.5. The molecule has 70 valence electrons. The number of aryl methyl sites for hydroxylation is 1. The van der Waals surface area contributed by atoms with Gasteiger partial charge in [0.05, 0.1) is 5.92 Å². The molecule has 0 aliphatic carbocycles. The second-order valence-electron chi connectivity index (χ2n) is 3.12. The van der Waals surface area contributed by atoms with E-state index < -0.39 is 11.9 Å². The SMILES string of the molecule is Cc1ccc([C@H](C)C(=O)O)c(O)c1. The highest BCUT2D eigenvalue weighted by Crippen LogP contribution is 2.26. The smallest absolute Gasteiger partial charge is 0.310 e. The molecule has 0 unspecified atom stereocenters. The molecule has 0 aromatic heterocycles. The molecule has 0 saturated carbocycles. The molecule has 13 heavy (non-hydrogen) atoms. The summed E-state index contributed by atoms with van der Waals surface area (Å²) in [6.07, 6.45) is 0. The minimum absolute atomic E-state index is 0.0508. The van der Waals surface area contributed by atoms with E-state index in [9.17, 15) is 9.90 Å². The predicted octanol–water partition coefficient (Wildman–Crippen LogP) is 1.89. The lowest BCUT2D eigenvalue weighted by atomic mass is 9.99. The molecule has 1 aromatic rings. The van der Waals surface area contributed by atoms with Gasteiger partial charge in [-0.1, -0.05) is 12.1 Å². The van der Waals surface area contributed by atoms with E-state index >= 15 is 0 Å². The first-order chi connectivity index (χ1) is 6.02. The molecule has 1 atom stereocenters. The Morgan fingerprint density at radius 2 is 2.08 bits per heavy atom. The number of phenols is 1. The van der Waals surface area contributed by atoms with Crippen LogP contribution in [0.3, 0.4) is 0 Å². The molecular weight excluding hydrogens is 168 g/mol. The van der Waals surface area contributed by atoms with Gasteiger partial charge in [-0.2, -0.15) is 0 Å². The summed E-state index contributed by atoms with van der Waals surface area (Å²) in [4.78, 5) is 10.6. The Morgan fingerprint density at radius 3 is 2.54 bits per heavy atom. The molecule has 0 fully saturated rings. The molecule has 3 heteroatoms. The van der Waals surface area contributed by atoms with Crippen molar-refractivity contribution in [1.29, 1.82) is 0 Å². The molecule has 0 radical (unpaired) electrons. The number of phenolic OH excluding ortho intramolecular Hbond substituents is 1. The van der Waals surface area contributed by atoms with Crippen molar-refractivity contribution in [2.75, 3.05) is 0 Å². The summed E-state index contributed by atoms with van der Waals surface area (Å²) in [5, 5.41) is 18.2. The maximum atomic E-state index is 10.6. The molecule has 0 aliphatic heterocycles. The van der Waals surface area contributed by atoms with Gasteiger partial charge in [-0.05, 0) is 25.5 Å². The van der Waals surface area contributed by atoms with Crippen LogP contribution in [-0.2, 0) is 4.79 Å². The molecule has 0 heterocycles. The van der Waals surface area contributed by atoms with Crippen LogP contribution < -0.4 is 0 Å². The van der Waals surface area contributed by atoms with Crippen LogP contribution in [0.15, 0.2) is 18.2 Å². The number of aliphatic carboxylic acids is 1. The van der Waals surface area contributed by atoms with E-state index in [0.29, 0.717) is 5.56 Å². The first-order valence-electron chi connectivity index (χ1n) is 4.04. The fraction of sp³-hybridized carbons (Fsp3) is 0.300. The number of rotatable bonds is 2. The number of carboxylic acids is 1. The Hall–Kier alpha value is -1.51. The summed E-state index contributed by atoms with van der Waals surface area (Å²) in [6.45, 7) is 3.39. The van der Waals surface area contributed by atoms with Crippen LogP contribution in [0.5, 0.6) is 5.75 Å². The highest BCUT2D eigenvalue weighted by Gasteiger charge is 2.16. The van der Waals surface area contributed by atoms with Gasteiger partial charge in [0.1, 0.15) is 5.75 Å². The van der Waals surface area contributed by atoms with E-state index in [1.807, 2.05) is 6.92 Å². The Balaban J connectivity index is 3.08. The monoisotopic (exact) mass is 180 g/mol. The molecule has 1 rings (SSSR count). The maximum absolute atomic E-state index is 10.6. The number of aromatic hydroxyl groups is 1. The maximum Gasteiger partial charge on any atom is 0.310 e. The quantitative estimate of drug-likeness (QED) is 0.730. The van der Waals surface area contributed by atoms with Crippen molar-refractivity contribution in [1.82, 2.24) is 0 Å². The van der Waals surface area contributed by atoms with E-state index in [4.69, 9.17) is 5.11 Å². The third-order valence-electron chi connectivity index (χ3n) is 2.02. The van der Waals surface area contributed by atoms with Gasteiger partial charge >= 0.3 is 5.97 Å². The van der Waals surface area contributed by atoms with Gasteiger partial charge in [-0.15, -0.1) is 0 Å². The van der Waals surface area contributed by atoms with Crippen molar-refractivity contribution in [3.63, 3.8) is 0 Å². The van der Waals surface area contributed by atoms with Crippen LogP contribution in [-0.4, -0.2) is 16.2 Å². The molecule has 0 amide bonds. The summed E-state index contributed by atoms with van der Waals surface area (Å²) in [6, 6.07) is 4.99. The zero-order chi connectivity index (χ0) is 10.0. The zero-order valence-corrected chi connectivity index (χ0v) is 7.61. The van der Waals surface area contributed by atoms with Gasteiger partial charge in [0.25, 0.3) is 0 Å². The lowest BCUT2D eigenvalue weighted by molar-refractivity contribution is -0.138. The van der Waals surface area contributed by atoms with Gasteiger partial charge in [-0.3, -0.25) is 4.79 Å². The van der Waals surface area contributed by atoms with Crippen LogP contribution in [0.4, 0.5) is 0 Å². The lowest BCUT2D eigenvalue weighted by Crippen LogP contribution is -2.07. The lowest BCUT2D eigenvalue weighted by Gasteiger charge is -2.08. The fourth-order valence-electron chi connectivity index (χ4n) is 1.15. The number of hydrogen-bond acceptors (Lipinski definition) is 2. The van der Waals surface area contributed by atoms with Gasteiger partial charge in [0.15, 0.2) is 0 Å². The molecule has 0 spiro atoms. The number of hydrogen-bond donors (Lipinski definition) is 2. The summed E-state index contributed by atoms with van der Waals surface area (Å²) in [7, 11) is 0. The minimum atomic E-state index is -0.931. The van der Waals surface area contributed by atoms with Gasteiger partial charge in [0, 0.05) is 5.56 Å². The topological polar surface area (TPSA) is 57.5 Å². The average molecular weight is 180 g/mol. The Kier molecular flexibility index (Phi) is 2.56. The van der Waals surface area contributed by atoms with Crippen LogP contribution in [0, 0.1) is 6.92 Å².